The summed E-state index contributed by atoms with van der Waals surface area (Å²) in [4.78, 5) is 10.2. The third kappa shape index (κ3) is 8.34. The van der Waals surface area contributed by atoms with Crippen LogP contribution in [-0.4, -0.2) is 42.5 Å². The molecule has 0 bridgehead atoms. The van der Waals surface area contributed by atoms with E-state index in [4.69, 9.17) is 10.2 Å². The summed E-state index contributed by atoms with van der Waals surface area (Å²) in [5.41, 5.74) is 0. The quantitative estimate of drug-likeness (QED) is 0.557. The number of aliphatic hydroxyl groups excluding tert-OH is 1. The van der Waals surface area contributed by atoms with E-state index < -0.39 is 40.3 Å². The number of carbonyl (C=O) groups is 1. The molecule has 0 amide bonds. The molecule has 2 unspecified atom stereocenters. The molecule has 7 heteroatoms. The molecule has 0 saturated carbocycles. The van der Waals surface area contributed by atoms with Crippen molar-refractivity contribution in [2.45, 2.75) is 38.8 Å². The number of hydrogen-bond donors (Lipinski definition) is 3. The zero-order valence-corrected chi connectivity index (χ0v) is 9.62. The van der Waals surface area contributed by atoms with Crippen LogP contribution in [0.2, 0.25) is 0 Å². The Morgan fingerprint density at radius 3 is 2.33 bits per heavy atom. The van der Waals surface area contributed by atoms with Crippen LogP contribution in [0.15, 0.2) is 0 Å². The first-order chi connectivity index (χ1) is 6.73. The standard InChI is InChI=1S/C8H17NO5S/c1-6(5-7(2)10)9-15(13,14)4-3-8(11)12/h6-7,9-10H,3-5H2,1-2H3,(H,11,12). The molecule has 0 fully saturated rings. The molecule has 0 aromatic carbocycles. The van der Waals surface area contributed by atoms with Crippen LogP contribution in [0.5, 0.6) is 0 Å². The topological polar surface area (TPSA) is 104 Å². The molecule has 0 spiro atoms. The highest BCUT2D eigenvalue weighted by molar-refractivity contribution is 7.89. The molecule has 3 N–H and O–H groups in total. The minimum Gasteiger partial charge on any atom is -0.481 e. The zero-order valence-electron chi connectivity index (χ0n) is 8.80. The van der Waals surface area contributed by atoms with Gasteiger partial charge in [-0.15, -0.1) is 0 Å². The van der Waals surface area contributed by atoms with Gasteiger partial charge in [-0.2, -0.15) is 0 Å². The normalized spacial score (nSPS) is 15.9. The second-order valence-electron chi connectivity index (χ2n) is 3.57. The van der Waals surface area contributed by atoms with Gasteiger partial charge in [-0.05, 0) is 20.3 Å². The van der Waals surface area contributed by atoms with Gasteiger partial charge in [-0.25, -0.2) is 13.1 Å². The third-order valence-electron chi connectivity index (χ3n) is 1.66. The molecule has 0 saturated heterocycles. The Labute approximate surface area is 89.4 Å². The average molecular weight is 239 g/mol. The summed E-state index contributed by atoms with van der Waals surface area (Å²) in [5.74, 6) is -1.59. The lowest BCUT2D eigenvalue weighted by atomic mass is 10.2. The highest BCUT2D eigenvalue weighted by Gasteiger charge is 2.16. The van der Waals surface area contributed by atoms with Gasteiger partial charge in [0.2, 0.25) is 10.0 Å². The van der Waals surface area contributed by atoms with Gasteiger partial charge < -0.3 is 10.2 Å². The second-order valence-corrected chi connectivity index (χ2v) is 5.44. The zero-order chi connectivity index (χ0) is 12.1. The van der Waals surface area contributed by atoms with Crippen molar-refractivity contribution in [3.63, 3.8) is 0 Å². The van der Waals surface area contributed by atoms with E-state index in [0.717, 1.165) is 0 Å². The first kappa shape index (κ1) is 14.3. The summed E-state index contributed by atoms with van der Waals surface area (Å²) in [6, 6.07) is -0.399. The number of aliphatic hydroxyl groups is 1. The van der Waals surface area contributed by atoms with Gasteiger partial charge in [0.1, 0.15) is 0 Å². The summed E-state index contributed by atoms with van der Waals surface area (Å²) in [5, 5.41) is 17.3. The Bertz CT molecular complexity index is 298. The minimum absolute atomic E-state index is 0.298. The van der Waals surface area contributed by atoms with E-state index in [1.165, 1.54) is 0 Å². The van der Waals surface area contributed by atoms with Crippen LogP contribution in [0.4, 0.5) is 0 Å². The van der Waals surface area contributed by atoms with Crippen LogP contribution < -0.4 is 4.72 Å². The molecule has 0 aliphatic heterocycles. The minimum atomic E-state index is -3.56. The molecular weight excluding hydrogens is 222 g/mol. The Kier molecular flexibility index (Phi) is 5.77. The lowest BCUT2D eigenvalue weighted by molar-refractivity contribution is -0.136. The molecule has 0 rings (SSSR count). The van der Waals surface area contributed by atoms with Crippen molar-refractivity contribution >= 4 is 16.0 Å². The summed E-state index contributed by atoms with van der Waals surface area (Å²) in [6.45, 7) is 3.17. The third-order valence-corrected chi connectivity index (χ3v) is 3.16. The number of aliphatic carboxylic acids is 1. The summed E-state index contributed by atoms with van der Waals surface area (Å²) in [6.07, 6.45) is -0.717. The SMILES string of the molecule is CC(O)CC(C)NS(=O)(=O)CCC(=O)O. The monoisotopic (exact) mass is 239 g/mol. The number of carboxylic acids is 1. The fraction of sp³-hybridized carbons (Fsp3) is 0.875. The van der Waals surface area contributed by atoms with Crippen molar-refractivity contribution in [2.75, 3.05) is 5.75 Å². The molecule has 0 aliphatic carbocycles. The van der Waals surface area contributed by atoms with Crippen LogP contribution in [-0.2, 0) is 14.8 Å². The van der Waals surface area contributed by atoms with Gasteiger partial charge in [-0.1, -0.05) is 0 Å². The maximum atomic E-state index is 11.3. The highest BCUT2D eigenvalue weighted by atomic mass is 32.2. The van der Waals surface area contributed by atoms with E-state index in [2.05, 4.69) is 4.72 Å². The Balaban J connectivity index is 4.08. The van der Waals surface area contributed by atoms with Gasteiger partial charge in [0.05, 0.1) is 18.3 Å². The molecule has 0 aliphatic rings. The Hall–Kier alpha value is -0.660. The van der Waals surface area contributed by atoms with Crippen molar-refractivity contribution in [3.05, 3.63) is 0 Å². The summed E-state index contributed by atoms with van der Waals surface area (Å²) < 4.78 is 24.8. The number of hydrogen-bond acceptors (Lipinski definition) is 4. The number of nitrogens with one attached hydrogen (secondary N) is 1. The Morgan fingerprint density at radius 2 is 1.93 bits per heavy atom. The molecule has 0 heterocycles. The predicted octanol–water partition coefficient (Wildman–Crippen LogP) is -0.460. The van der Waals surface area contributed by atoms with Gasteiger partial charge in [-0.3, -0.25) is 4.79 Å². The maximum Gasteiger partial charge on any atom is 0.304 e. The van der Waals surface area contributed by atoms with Crippen LogP contribution in [0.3, 0.4) is 0 Å². The van der Waals surface area contributed by atoms with Crippen molar-refractivity contribution in [1.29, 1.82) is 0 Å². The van der Waals surface area contributed by atoms with Crippen molar-refractivity contribution in [1.82, 2.24) is 4.72 Å². The predicted molar refractivity (Wildman–Crippen MR) is 54.9 cm³/mol. The Morgan fingerprint density at radius 1 is 1.40 bits per heavy atom. The van der Waals surface area contributed by atoms with Gasteiger partial charge in [0.25, 0.3) is 0 Å². The average Bonchev–Trinajstić information content (AvgIpc) is 1.98. The summed E-state index contributed by atoms with van der Waals surface area (Å²) in [7, 11) is -3.56. The smallest absolute Gasteiger partial charge is 0.304 e. The van der Waals surface area contributed by atoms with Gasteiger partial charge in [0, 0.05) is 6.04 Å². The van der Waals surface area contributed by atoms with Gasteiger partial charge in [0.15, 0.2) is 0 Å². The summed E-state index contributed by atoms with van der Waals surface area (Å²) >= 11 is 0. The van der Waals surface area contributed by atoms with Crippen molar-refractivity contribution in [2.24, 2.45) is 0 Å². The van der Waals surface area contributed by atoms with E-state index >= 15 is 0 Å². The van der Waals surface area contributed by atoms with Crippen LogP contribution in [0, 0.1) is 0 Å². The molecular formula is C8H17NO5S. The van der Waals surface area contributed by atoms with E-state index in [9.17, 15) is 13.2 Å². The largest absolute Gasteiger partial charge is 0.481 e. The lowest BCUT2D eigenvalue weighted by Crippen LogP contribution is -2.36. The molecule has 0 radical (unpaired) electrons. The number of sulfonamides is 1. The van der Waals surface area contributed by atoms with Crippen LogP contribution in [0.25, 0.3) is 0 Å². The second kappa shape index (κ2) is 6.04. The fourth-order valence-corrected chi connectivity index (χ4v) is 2.42. The number of carboxylic acid groups (broad SMARTS) is 1. The van der Waals surface area contributed by atoms with Crippen LogP contribution in [0.1, 0.15) is 26.7 Å². The molecule has 90 valence electrons. The van der Waals surface area contributed by atoms with Crippen molar-refractivity contribution in [3.8, 4) is 0 Å². The molecule has 6 nitrogen and oxygen atoms in total. The maximum absolute atomic E-state index is 11.3. The van der Waals surface area contributed by atoms with Gasteiger partial charge >= 0.3 is 5.97 Å². The molecule has 0 aromatic rings. The highest BCUT2D eigenvalue weighted by Crippen LogP contribution is 2.00. The van der Waals surface area contributed by atoms with E-state index in [-0.39, 0.29) is 0 Å². The van der Waals surface area contributed by atoms with E-state index in [1.807, 2.05) is 0 Å². The first-order valence-corrected chi connectivity index (χ1v) is 6.28. The van der Waals surface area contributed by atoms with Crippen LogP contribution >= 0.6 is 0 Å². The lowest BCUT2D eigenvalue weighted by Gasteiger charge is -2.14. The number of rotatable bonds is 7. The molecule has 2 atom stereocenters. The van der Waals surface area contributed by atoms with Crippen molar-refractivity contribution < 1.29 is 23.4 Å². The fourth-order valence-electron chi connectivity index (χ4n) is 1.15. The molecule has 15 heavy (non-hydrogen) atoms. The van der Waals surface area contributed by atoms with E-state index in [1.54, 1.807) is 13.8 Å². The first-order valence-electron chi connectivity index (χ1n) is 4.63. The van der Waals surface area contributed by atoms with E-state index in [0.29, 0.717) is 6.42 Å². The molecule has 0 aromatic heterocycles.